The summed E-state index contributed by atoms with van der Waals surface area (Å²) in [7, 11) is 0. The fourth-order valence-corrected chi connectivity index (χ4v) is 2.49. The molecule has 0 aromatic heterocycles. The van der Waals surface area contributed by atoms with Crippen LogP contribution in [0.1, 0.15) is 32.3 Å². The molecule has 3 N–H and O–H groups in total. The number of anilines is 1. The van der Waals surface area contributed by atoms with Crippen molar-refractivity contribution in [1.82, 2.24) is 0 Å². The summed E-state index contributed by atoms with van der Waals surface area (Å²) >= 11 is 0. The van der Waals surface area contributed by atoms with E-state index >= 15 is 0 Å². The van der Waals surface area contributed by atoms with Gasteiger partial charge in [-0.3, -0.25) is 5.41 Å². The van der Waals surface area contributed by atoms with Crippen molar-refractivity contribution in [3.05, 3.63) is 29.8 Å². The molecule has 1 aromatic rings. The van der Waals surface area contributed by atoms with Crippen molar-refractivity contribution in [2.24, 2.45) is 11.1 Å². The molecule has 0 saturated carbocycles. The highest BCUT2D eigenvalue weighted by Gasteiger charge is 2.23. The Labute approximate surface area is 109 Å². The molecule has 0 bridgehead atoms. The standard InChI is InChI=1S/C15H23N3/c1-15(2,14(16)17)9-5-10-18-11-8-12-6-3-4-7-13(12)18/h3-4,6-7H,5,8-11H2,1-2H3,(H3,16,17). The maximum Gasteiger partial charge on any atom is 0.0963 e. The molecule has 1 heterocycles. The topological polar surface area (TPSA) is 53.1 Å². The number of hydrogen-bond acceptors (Lipinski definition) is 2. The molecule has 18 heavy (non-hydrogen) atoms. The van der Waals surface area contributed by atoms with Gasteiger partial charge in [-0.25, -0.2) is 0 Å². The van der Waals surface area contributed by atoms with E-state index in [9.17, 15) is 0 Å². The summed E-state index contributed by atoms with van der Waals surface area (Å²) in [4.78, 5) is 2.45. The number of nitrogens with one attached hydrogen (secondary N) is 1. The monoisotopic (exact) mass is 245 g/mol. The fourth-order valence-electron chi connectivity index (χ4n) is 2.49. The zero-order chi connectivity index (χ0) is 13.2. The summed E-state index contributed by atoms with van der Waals surface area (Å²) in [6.07, 6.45) is 3.22. The number of nitrogens with two attached hydrogens (primary N) is 1. The molecule has 3 nitrogen and oxygen atoms in total. The minimum Gasteiger partial charge on any atom is -0.387 e. The van der Waals surface area contributed by atoms with Crippen LogP contribution in [0.5, 0.6) is 0 Å². The Morgan fingerprint density at radius 1 is 1.39 bits per heavy atom. The first-order valence-electron chi connectivity index (χ1n) is 6.68. The van der Waals surface area contributed by atoms with Crippen LogP contribution in [0.25, 0.3) is 0 Å². The molecule has 0 saturated heterocycles. The molecule has 0 amide bonds. The van der Waals surface area contributed by atoms with E-state index in [-0.39, 0.29) is 5.41 Å². The zero-order valence-corrected chi connectivity index (χ0v) is 11.4. The molecule has 1 aromatic carbocycles. The number of benzene rings is 1. The van der Waals surface area contributed by atoms with Gasteiger partial charge in [-0.15, -0.1) is 0 Å². The third kappa shape index (κ3) is 2.66. The van der Waals surface area contributed by atoms with Crippen LogP contribution in [0.4, 0.5) is 5.69 Å². The molecule has 3 heteroatoms. The van der Waals surface area contributed by atoms with E-state index in [1.165, 1.54) is 11.3 Å². The third-order valence-corrected chi connectivity index (χ3v) is 3.94. The van der Waals surface area contributed by atoms with Crippen molar-refractivity contribution in [2.45, 2.75) is 33.1 Å². The van der Waals surface area contributed by atoms with Gasteiger partial charge in [0.25, 0.3) is 0 Å². The molecule has 0 spiro atoms. The minimum atomic E-state index is -0.167. The predicted octanol–water partition coefficient (Wildman–Crippen LogP) is 2.79. The van der Waals surface area contributed by atoms with Gasteiger partial charge in [-0.1, -0.05) is 32.0 Å². The van der Waals surface area contributed by atoms with Crippen LogP contribution in [0.2, 0.25) is 0 Å². The Morgan fingerprint density at radius 3 is 2.83 bits per heavy atom. The lowest BCUT2D eigenvalue weighted by Gasteiger charge is -2.25. The first-order valence-corrected chi connectivity index (χ1v) is 6.68. The van der Waals surface area contributed by atoms with E-state index in [4.69, 9.17) is 11.1 Å². The van der Waals surface area contributed by atoms with Gasteiger partial charge in [-0.2, -0.15) is 0 Å². The van der Waals surface area contributed by atoms with Gasteiger partial charge < -0.3 is 10.6 Å². The van der Waals surface area contributed by atoms with Gasteiger partial charge in [-0.05, 0) is 30.9 Å². The van der Waals surface area contributed by atoms with Crippen molar-refractivity contribution in [2.75, 3.05) is 18.0 Å². The van der Waals surface area contributed by atoms with E-state index in [1.807, 2.05) is 13.8 Å². The van der Waals surface area contributed by atoms with E-state index < -0.39 is 0 Å². The molecule has 0 unspecified atom stereocenters. The molecular formula is C15H23N3. The molecular weight excluding hydrogens is 222 g/mol. The minimum absolute atomic E-state index is 0.167. The molecule has 0 fully saturated rings. The Kier molecular flexibility index (Phi) is 3.60. The third-order valence-electron chi connectivity index (χ3n) is 3.94. The summed E-state index contributed by atoms with van der Waals surface area (Å²) in [5.41, 5.74) is 8.29. The Bertz CT molecular complexity index is 437. The Hall–Kier alpha value is -1.51. The lowest BCUT2D eigenvalue weighted by atomic mass is 9.86. The second kappa shape index (κ2) is 5.01. The maximum absolute atomic E-state index is 7.57. The largest absolute Gasteiger partial charge is 0.387 e. The average Bonchev–Trinajstić information content (AvgIpc) is 2.72. The lowest BCUT2D eigenvalue weighted by Crippen LogP contribution is -2.32. The van der Waals surface area contributed by atoms with Crippen molar-refractivity contribution in [1.29, 1.82) is 5.41 Å². The van der Waals surface area contributed by atoms with Crippen LogP contribution in [0.3, 0.4) is 0 Å². The SMILES string of the molecule is CC(C)(CCCN1CCc2ccccc21)C(=N)N. The summed E-state index contributed by atoms with van der Waals surface area (Å²) in [5.74, 6) is 0.296. The number of amidine groups is 1. The van der Waals surface area contributed by atoms with Gasteiger partial charge in [0.15, 0.2) is 0 Å². The summed E-state index contributed by atoms with van der Waals surface area (Å²) in [6.45, 7) is 6.29. The highest BCUT2D eigenvalue weighted by molar-refractivity contribution is 5.82. The highest BCUT2D eigenvalue weighted by atomic mass is 15.1. The molecule has 98 valence electrons. The van der Waals surface area contributed by atoms with E-state index in [1.54, 1.807) is 0 Å². The van der Waals surface area contributed by atoms with Crippen molar-refractivity contribution < 1.29 is 0 Å². The van der Waals surface area contributed by atoms with Crippen LogP contribution in [-0.4, -0.2) is 18.9 Å². The van der Waals surface area contributed by atoms with Crippen LogP contribution in [0.15, 0.2) is 24.3 Å². The number of fused-ring (bicyclic) bond motifs is 1. The van der Waals surface area contributed by atoms with Gasteiger partial charge in [0.2, 0.25) is 0 Å². The number of para-hydroxylation sites is 1. The number of nitrogens with zero attached hydrogens (tertiary/aromatic N) is 1. The van der Waals surface area contributed by atoms with E-state index in [0.717, 1.165) is 32.4 Å². The van der Waals surface area contributed by atoms with Gasteiger partial charge in [0.1, 0.15) is 0 Å². The average molecular weight is 245 g/mol. The molecule has 2 rings (SSSR count). The van der Waals surface area contributed by atoms with Gasteiger partial charge >= 0.3 is 0 Å². The quantitative estimate of drug-likeness (QED) is 0.619. The van der Waals surface area contributed by atoms with Gasteiger partial charge in [0, 0.05) is 24.2 Å². The number of rotatable bonds is 5. The highest BCUT2D eigenvalue weighted by Crippen LogP contribution is 2.29. The molecule has 1 aliphatic heterocycles. The van der Waals surface area contributed by atoms with E-state index in [2.05, 4.69) is 29.2 Å². The maximum atomic E-state index is 7.57. The zero-order valence-electron chi connectivity index (χ0n) is 11.4. The van der Waals surface area contributed by atoms with Crippen molar-refractivity contribution >= 4 is 11.5 Å². The lowest BCUT2D eigenvalue weighted by molar-refractivity contribution is 0.450. The molecule has 0 aliphatic carbocycles. The summed E-state index contributed by atoms with van der Waals surface area (Å²) < 4.78 is 0. The van der Waals surface area contributed by atoms with Crippen LogP contribution < -0.4 is 10.6 Å². The molecule has 1 aliphatic rings. The van der Waals surface area contributed by atoms with Crippen LogP contribution >= 0.6 is 0 Å². The number of hydrogen-bond donors (Lipinski definition) is 2. The van der Waals surface area contributed by atoms with Crippen LogP contribution in [-0.2, 0) is 6.42 Å². The van der Waals surface area contributed by atoms with Crippen molar-refractivity contribution in [3.8, 4) is 0 Å². The second-order valence-electron chi connectivity index (χ2n) is 5.77. The molecule has 0 radical (unpaired) electrons. The smallest absolute Gasteiger partial charge is 0.0963 e. The first kappa shape index (κ1) is 12.9. The summed E-state index contributed by atoms with van der Waals surface area (Å²) in [6, 6.07) is 8.64. The Balaban J connectivity index is 1.88. The predicted molar refractivity (Wildman–Crippen MR) is 77.3 cm³/mol. The Morgan fingerprint density at radius 2 is 2.11 bits per heavy atom. The summed E-state index contributed by atoms with van der Waals surface area (Å²) in [5, 5.41) is 7.57. The first-order chi connectivity index (χ1) is 8.50. The van der Waals surface area contributed by atoms with E-state index in [0.29, 0.717) is 5.84 Å². The normalized spacial score (nSPS) is 14.7. The molecule has 0 atom stereocenters. The second-order valence-corrected chi connectivity index (χ2v) is 5.77. The van der Waals surface area contributed by atoms with Crippen LogP contribution in [0, 0.1) is 10.8 Å². The van der Waals surface area contributed by atoms with Gasteiger partial charge in [0.05, 0.1) is 5.84 Å². The fraction of sp³-hybridized carbons (Fsp3) is 0.533. The van der Waals surface area contributed by atoms with Crippen molar-refractivity contribution in [3.63, 3.8) is 0 Å².